The molecule has 0 saturated heterocycles. The molecular weight excluding hydrogens is 928 g/mol. The van der Waals surface area contributed by atoms with E-state index in [9.17, 15) is 19.2 Å². The van der Waals surface area contributed by atoms with Gasteiger partial charge in [0, 0.05) is 42.6 Å². The molecule has 10 rings (SSSR count). The summed E-state index contributed by atoms with van der Waals surface area (Å²) < 4.78 is 1.73. The molecule has 0 radical (unpaired) electrons. The van der Waals surface area contributed by atoms with Gasteiger partial charge < -0.3 is 10.6 Å². The summed E-state index contributed by atoms with van der Waals surface area (Å²) in [6, 6.07) is 67.3. The average molecular weight is 967 g/mol. The van der Waals surface area contributed by atoms with Crippen LogP contribution in [0, 0.1) is 0 Å². The van der Waals surface area contributed by atoms with E-state index in [-0.39, 0.29) is 23.6 Å². The SMILES string of the molecule is O=C(c1ccc(Br)cc1)N1C(=O)[C@](Nc2ccccc2)(c2ccccc2)c2ccccc21.O=C(c1ccc(Br)cc1)N1C(=O)[C@](Nc2ccccc2)(c2ccccc2)c2ccccc21. The van der Waals surface area contributed by atoms with E-state index in [1.165, 1.54) is 9.80 Å². The number of nitrogens with zero attached hydrogens (tertiary/aromatic N) is 2. The Labute approximate surface area is 387 Å². The first kappa shape index (κ1) is 41.9. The summed E-state index contributed by atoms with van der Waals surface area (Å²) in [5.74, 6) is -1.38. The Morgan fingerprint density at radius 3 is 1.02 bits per heavy atom. The molecule has 2 heterocycles. The Balaban J connectivity index is 0.000000162. The van der Waals surface area contributed by atoms with E-state index in [4.69, 9.17) is 0 Å². The molecule has 4 amide bonds. The number of hydrogen-bond donors (Lipinski definition) is 2. The van der Waals surface area contributed by atoms with Crippen molar-refractivity contribution in [3.63, 3.8) is 0 Å². The fourth-order valence-corrected chi connectivity index (χ4v) is 8.93. The summed E-state index contributed by atoms with van der Waals surface area (Å²) in [5, 5.41) is 6.94. The van der Waals surface area contributed by atoms with E-state index >= 15 is 0 Å². The van der Waals surface area contributed by atoms with E-state index in [2.05, 4.69) is 42.5 Å². The third kappa shape index (κ3) is 7.50. The second kappa shape index (κ2) is 17.8. The Morgan fingerprint density at radius 1 is 0.375 bits per heavy atom. The van der Waals surface area contributed by atoms with Gasteiger partial charge in [-0.05, 0) is 96.1 Å². The highest BCUT2D eigenvalue weighted by molar-refractivity contribution is 9.10. The summed E-state index contributed by atoms with van der Waals surface area (Å²) in [4.78, 5) is 58.1. The molecule has 8 aromatic carbocycles. The van der Waals surface area contributed by atoms with Crippen LogP contribution in [0.25, 0.3) is 0 Å². The molecular formula is C54H38Br2N4O4. The van der Waals surface area contributed by atoms with Gasteiger partial charge in [0.15, 0.2) is 11.1 Å². The van der Waals surface area contributed by atoms with Crippen molar-refractivity contribution in [1.29, 1.82) is 0 Å². The predicted octanol–water partition coefficient (Wildman–Crippen LogP) is 12.0. The maximum absolute atomic E-state index is 14.2. The van der Waals surface area contributed by atoms with Crippen molar-refractivity contribution >= 4 is 78.2 Å². The minimum atomic E-state index is -1.23. The number of carbonyl (C=O) groups excluding carboxylic acids is 4. The van der Waals surface area contributed by atoms with Crippen LogP contribution in [0.1, 0.15) is 43.0 Å². The number of hydrogen-bond acceptors (Lipinski definition) is 6. The monoisotopic (exact) mass is 964 g/mol. The lowest BCUT2D eigenvalue weighted by Gasteiger charge is -2.31. The number of amides is 4. The topological polar surface area (TPSA) is 98.8 Å². The van der Waals surface area contributed by atoms with Crippen molar-refractivity contribution < 1.29 is 19.2 Å². The third-order valence-corrected chi connectivity index (χ3v) is 12.4. The van der Waals surface area contributed by atoms with Crippen molar-refractivity contribution in [1.82, 2.24) is 0 Å². The largest absolute Gasteiger partial charge is 0.364 e. The van der Waals surface area contributed by atoms with Crippen LogP contribution in [-0.4, -0.2) is 23.6 Å². The van der Waals surface area contributed by atoms with Gasteiger partial charge in [-0.15, -0.1) is 0 Å². The van der Waals surface area contributed by atoms with Crippen molar-refractivity contribution in [3.8, 4) is 0 Å². The van der Waals surface area contributed by atoms with Crippen molar-refractivity contribution in [2.75, 3.05) is 20.4 Å². The first-order chi connectivity index (χ1) is 31.2. The molecule has 0 aliphatic carbocycles. The van der Waals surface area contributed by atoms with Crippen LogP contribution in [0.15, 0.2) is 227 Å². The number of rotatable bonds is 8. The van der Waals surface area contributed by atoms with Gasteiger partial charge in [0.25, 0.3) is 23.6 Å². The van der Waals surface area contributed by atoms with Gasteiger partial charge >= 0.3 is 0 Å². The van der Waals surface area contributed by atoms with Crippen molar-refractivity contribution in [3.05, 3.63) is 261 Å². The van der Waals surface area contributed by atoms with Crippen LogP contribution in [-0.2, 0) is 20.7 Å². The fraction of sp³-hybridized carbons (Fsp3) is 0.0370. The van der Waals surface area contributed by atoms with Gasteiger partial charge in [-0.25, -0.2) is 9.80 Å². The lowest BCUT2D eigenvalue weighted by atomic mass is 9.83. The zero-order valence-electron chi connectivity index (χ0n) is 34.1. The van der Waals surface area contributed by atoms with E-state index in [0.29, 0.717) is 22.5 Å². The second-order valence-electron chi connectivity index (χ2n) is 15.2. The smallest absolute Gasteiger partial charge is 0.269 e. The first-order valence-electron chi connectivity index (χ1n) is 20.5. The van der Waals surface area contributed by atoms with E-state index in [1.807, 2.05) is 170 Å². The molecule has 0 unspecified atom stereocenters. The molecule has 10 heteroatoms. The molecule has 8 aromatic rings. The van der Waals surface area contributed by atoms with Crippen LogP contribution in [0.2, 0.25) is 0 Å². The van der Waals surface area contributed by atoms with Gasteiger partial charge in [0.2, 0.25) is 0 Å². The van der Waals surface area contributed by atoms with Crippen LogP contribution in [0.4, 0.5) is 22.7 Å². The molecule has 2 aliphatic rings. The molecule has 8 nitrogen and oxygen atoms in total. The lowest BCUT2D eigenvalue weighted by molar-refractivity contribution is -0.121. The molecule has 312 valence electrons. The summed E-state index contributed by atoms with van der Waals surface area (Å²) >= 11 is 6.80. The molecule has 64 heavy (non-hydrogen) atoms. The highest BCUT2D eigenvalue weighted by Gasteiger charge is 2.55. The number of anilines is 4. The molecule has 0 aromatic heterocycles. The number of para-hydroxylation sites is 4. The minimum absolute atomic E-state index is 0.332. The first-order valence-corrected chi connectivity index (χ1v) is 22.1. The molecule has 0 fully saturated rings. The number of benzene rings is 8. The molecule has 2 aliphatic heterocycles. The summed E-state index contributed by atoms with van der Waals surface area (Å²) in [5.41, 5.74) is 4.19. The van der Waals surface area contributed by atoms with Crippen LogP contribution in [0.5, 0.6) is 0 Å². The van der Waals surface area contributed by atoms with Crippen molar-refractivity contribution in [2.45, 2.75) is 11.1 Å². The number of imide groups is 2. The number of halogens is 2. The molecule has 0 spiro atoms. The van der Waals surface area contributed by atoms with Crippen LogP contribution in [0.3, 0.4) is 0 Å². The molecule has 2 N–H and O–H groups in total. The number of carbonyl (C=O) groups is 4. The predicted molar refractivity (Wildman–Crippen MR) is 259 cm³/mol. The Bertz CT molecular complexity index is 2790. The van der Waals surface area contributed by atoms with Gasteiger partial charge in [-0.2, -0.15) is 0 Å². The van der Waals surface area contributed by atoms with Crippen LogP contribution >= 0.6 is 31.9 Å². The maximum atomic E-state index is 14.2. The second-order valence-corrected chi connectivity index (χ2v) is 17.0. The van der Waals surface area contributed by atoms with Crippen molar-refractivity contribution in [2.24, 2.45) is 0 Å². The van der Waals surface area contributed by atoms with Gasteiger partial charge in [0.1, 0.15) is 0 Å². The number of fused-ring (bicyclic) bond motifs is 2. The Morgan fingerprint density at radius 2 is 0.672 bits per heavy atom. The van der Waals surface area contributed by atoms with Gasteiger partial charge in [-0.3, -0.25) is 19.2 Å². The zero-order chi connectivity index (χ0) is 44.3. The quantitative estimate of drug-likeness (QED) is 0.147. The van der Waals surface area contributed by atoms with E-state index < -0.39 is 11.1 Å². The fourth-order valence-electron chi connectivity index (χ4n) is 8.40. The van der Waals surface area contributed by atoms with E-state index in [1.54, 1.807) is 48.5 Å². The molecule has 0 bridgehead atoms. The average Bonchev–Trinajstić information content (AvgIpc) is 3.74. The van der Waals surface area contributed by atoms with Crippen LogP contribution < -0.4 is 20.4 Å². The third-order valence-electron chi connectivity index (χ3n) is 11.4. The number of nitrogens with one attached hydrogen (secondary N) is 2. The Kier molecular flexibility index (Phi) is 11.6. The standard InChI is InChI=1S/2C27H19BrN2O2/c2*28-21-17-15-19(16-18-21)25(31)30-24-14-8-7-13-23(24)27(26(30)32,20-9-3-1-4-10-20)29-22-11-5-2-6-12-22/h2*1-18,29H/t2*27-/m00/s1. The zero-order valence-corrected chi connectivity index (χ0v) is 37.2. The van der Waals surface area contributed by atoms with Gasteiger partial charge in [0.05, 0.1) is 11.4 Å². The summed E-state index contributed by atoms with van der Waals surface area (Å²) in [6.07, 6.45) is 0. The maximum Gasteiger partial charge on any atom is 0.269 e. The summed E-state index contributed by atoms with van der Waals surface area (Å²) in [6.45, 7) is 0. The minimum Gasteiger partial charge on any atom is -0.364 e. The highest BCUT2D eigenvalue weighted by atomic mass is 79.9. The highest BCUT2D eigenvalue weighted by Crippen LogP contribution is 2.48. The van der Waals surface area contributed by atoms with E-state index in [0.717, 1.165) is 42.6 Å². The molecule has 2 atom stereocenters. The lowest BCUT2D eigenvalue weighted by Crippen LogP contribution is -2.48. The Hall–Kier alpha value is -7.40. The molecule has 0 saturated carbocycles. The normalized spacial score (nSPS) is 17.2. The summed E-state index contributed by atoms with van der Waals surface area (Å²) in [7, 11) is 0. The van der Waals surface area contributed by atoms with Gasteiger partial charge in [-0.1, -0.05) is 165 Å².